The van der Waals surface area contributed by atoms with Crippen molar-refractivity contribution in [3.05, 3.63) is 29.6 Å². The van der Waals surface area contributed by atoms with Crippen molar-refractivity contribution in [1.82, 2.24) is 0 Å². The number of benzene rings is 1. The highest BCUT2D eigenvalue weighted by Crippen LogP contribution is 2.46. The van der Waals surface area contributed by atoms with Crippen LogP contribution in [-0.4, -0.2) is 6.61 Å². The third-order valence-electron chi connectivity index (χ3n) is 6.58. The Labute approximate surface area is 155 Å². The van der Waals surface area contributed by atoms with Gasteiger partial charge in [-0.2, -0.15) is 8.78 Å². The van der Waals surface area contributed by atoms with Gasteiger partial charge in [-0.15, -0.1) is 0 Å². The molecule has 0 radical (unpaired) electrons. The van der Waals surface area contributed by atoms with Crippen LogP contribution in [-0.2, 0) is 6.42 Å². The number of fused-ring (bicyclic) bond motifs is 1. The fraction of sp³-hybridized carbons (Fsp3) is 0.727. The predicted molar refractivity (Wildman–Crippen MR) is 97.9 cm³/mol. The van der Waals surface area contributed by atoms with Crippen LogP contribution in [0, 0.1) is 29.5 Å². The number of alkyl halides is 2. The van der Waals surface area contributed by atoms with Crippen LogP contribution in [0.1, 0.15) is 70.3 Å². The van der Waals surface area contributed by atoms with Gasteiger partial charge in [0.1, 0.15) is 0 Å². The second kappa shape index (κ2) is 9.14. The van der Waals surface area contributed by atoms with Crippen molar-refractivity contribution in [2.45, 2.75) is 77.7 Å². The second-order valence-electron chi connectivity index (χ2n) is 8.35. The Balaban J connectivity index is 1.47. The van der Waals surface area contributed by atoms with Gasteiger partial charge in [0.25, 0.3) is 0 Å². The quantitative estimate of drug-likeness (QED) is 0.504. The van der Waals surface area contributed by atoms with Gasteiger partial charge in [0.05, 0.1) is 0 Å². The van der Waals surface area contributed by atoms with Crippen LogP contribution in [0.4, 0.5) is 13.2 Å². The van der Waals surface area contributed by atoms with E-state index in [0.717, 1.165) is 42.1 Å². The zero-order chi connectivity index (χ0) is 18.5. The number of ether oxygens (including phenoxy) is 1. The number of halogens is 3. The summed E-state index contributed by atoms with van der Waals surface area (Å²) >= 11 is 0. The van der Waals surface area contributed by atoms with Crippen LogP contribution in [0.3, 0.4) is 0 Å². The Morgan fingerprint density at radius 3 is 2.23 bits per heavy atom. The highest BCUT2D eigenvalue weighted by Gasteiger charge is 2.35. The number of rotatable bonds is 7. The van der Waals surface area contributed by atoms with E-state index in [-0.39, 0.29) is 5.75 Å². The van der Waals surface area contributed by atoms with Gasteiger partial charge in [-0.1, -0.05) is 38.7 Å². The molecular weight excluding hydrogens is 337 g/mol. The molecule has 0 aliphatic heterocycles. The summed E-state index contributed by atoms with van der Waals surface area (Å²) in [4.78, 5) is 0. The van der Waals surface area contributed by atoms with Crippen molar-refractivity contribution in [2.24, 2.45) is 23.7 Å². The first-order valence-electron chi connectivity index (χ1n) is 10.3. The minimum atomic E-state index is -2.99. The van der Waals surface area contributed by atoms with Gasteiger partial charge >= 0.3 is 6.61 Å². The normalized spacial score (nSPS) is 28.8. The number of hydrogen-bond acceptors (Lipinski definition) is 1. The van der Waals surface area contributed by atoms with Gasteiger partial charge in [-0.25, -0.2) is 4.39 Å². The van der Waals surface area contributed by atoms with E-state index in [4.69, 9.17) is 0 Å². The molecule has 1 nitrogen and oxygen atoms in total. The maximum Gasteiger partial charge on any atom is 0.387 e. The Hall–Kier alpha value is -1.19. The Bertz CT molecular complexity index is 575. The summed E-state index contributed by atoms with van der Waals surface area (Å²) in [5.41, 5.74) is 0.873. The molecule has 3 rings (SSSR count). The molecule has 2 saturated carbocycles. The third kappa shape index (κ3) is 5.17. The molecule has 0 aromatic heterocycles. The van der Waals surface area contributed by atoms with Crippen molar-refractivity contribution in [3.8, 4) is 5.75 Å². The molecule has 0 heterocycles. The van der Waals surface area contributed by atoms with Crippen molar-refractivity contribution in [2.75, 3.05) is 0 Å². The van der Waals surface area contributed by atoms with Gasteiger partial charge in [-0.05, 0) is 79.9 Å². The van der Waals surface area contributed by atoms with E-state index >= 15 is 0 Å². The van der Waals surface area contributed by atoms with E-state index in [1.54, 1.807) is 6.07 Å². The summed E-state index contributed by atoms with van der Waals surface area (Å²) < 4.78 is 42.4. The van der Waals surface area contributed by atoms with Crippen molar-refractivity contribution < 1.29 is 17.9 Å². The van der Waals surface area contributed by atoms with Gasteiger partial charge in [0.15, 0.2) is 11.6 Å². The second-order valence-corrected chi connectivity index (χ2v) is 8.35. The smallest absolute Gasteiger partial charge is 0.387 e. The summed E-state index contributed by atoms with van der Waals surface area (Å²) in [5.74, 6) is 2.43. The van der Waals surface area contributed by atoms with E-state index in [0.29, 0.717) is 0 Å². The SMILES string of the molecule is CCCC1CCC2CC(CCc3ccc(OC(F)F)c(F)c3)CCC2C1. The standard InChI is InChI=1S/C22H31F3O/c1-2-3-15-6-9-19-13-16(7-10-18(19)12-15)4-5-17-8-11-21(20(23)14-17)26-22(24)25/h8,11,14-16,18-19,22H,2-7,9-10,12-13H2,1H3. The molecule has 1 aromatic carbocycles. The highest BCUT2D eigenvalue weighted by molar-refractivity contribution is 5.29. The summed E-state index contributed by atoms with van der Waals surface area (Å²) in [6.07, 6.45) is 12.8. The van der Waals surface area contributed by atoms with E-state index in [9.17, 15) is 13.2 Å². The molecular formula is C22H31F3O. The Morgan fingerprint density at radius 2 is 1.65 bits per heavy atom. The van der Waals surface area contributed by atoms with Gasteiger partial charge in [0, 0.05) is 0 Å². The highest BCUT2D eigenvalue weighted by atomic mass is 19.3. The molecule has 4 unspecified atom stereocenters. The number of hydrogen-bond donors (Lipinski definition) is 0. The fourth-order valence-corrected chi connectivity index (χ4v) is 5.28. The summed E-state index contributed by atoms with van der Waals surface area (Å²) in [5, 5.41) is 0. The predicted octanol–water partition coefficient (Wildman–Crippen LogP) is 6.99. The first-order chi connectivity index (χ1) is 12.5. The zero-order valence-electron chi connectivity index (χ0n) is 15.7. The Kier molecular flexibility index (Phi) is 6.88. The third-order valence-corrected chi connectivity index (χ3v) is 6.58. The van der Waals surface area contributed by atoms with Crippen LogP contribution >= 0.6 is 0 Å². The van der Waals surface area contributed by atoms with Crippen molar-refractivity contribution in [3.63, 3.8) is 0 Å². The van der Waals surface area contributed by atoms with Crippen LogP contribution in [0.2, 0.25) is 0 Å². The lowest BCUT2D eigenvalue weighted by atomic mass is 9.63. The van der Waals surface area contributed by atoms with Crippen molar-refractivity contribution in [1.29, 1.82) is 0 Å². The number of aryl methyl sites for hydroxylation is 1. The Morgan fingerprint density at radius 1 is 1.00 bits per heavy atom. The lowest BCUT2D eigenvalue weighted by Gasteiger charge is -2.42. The van der Waals surface area contributed by atoms with E-state index in [1.165, 1.54) is 63.5 Å². The molecule has 0 N–H and O–H groups in total. The maximum absolute atomic E-state index is 13.8. The average Bonchev–Trinajstić information content (AvgIpc) is 2.62. The molecule has 2 aliphatic carbocycles. The topological polar surface area (TPSA) is 9.23 Å². The molecule has 4 heteroatoms. The molecule has 146 valence electrons. The molecule has 0 saturated heterocycles. The first kappa shape index (κ1) is 19.6. The fourth-order valence-electron chi connectivity index (χ4n) is 5.28. The molecule has 0 spiro atoms. The van der Waals surface area contributed by atoms with Crippen molar-refractivity contribution >= 4 is 0 Å². The summed E-state index contributed by atoms with van der Waals surface area (Å²) in [6.45, 7) is -0.698. The minimum absolute atomic E-state index is 0.368. The van der Waals surface area contributed by atoms with E-state index in [2.05, 4.69) is 11.7 Å². The lowest BCUT2D eigenvalue weighted by molar-refractivity contribution is -0.0522. The molecule has 26 heavy (non-hydrogen) atoms. The summed E-state index contributed by atoms with van der Waals surface area (Å²) in [6, 6.07) is 4.38. The van der Waals surface area contributed by atoms with Crippen LogP contribution in [0.15, 0.2) is 18.2 Å². The largest absolute Gasteiger partial charge is 0.432 e. The van der Waals surface area contributed by atoms with Crippen LogP contribution < -0.4 is 4.74 Å². The monoisotopic (exact) mass is 368 g/mol. The molecule has 4 atom stereocenters. The molecule has 2 fully saturated rings. The first-order valence-corrected chi connectivity index (χ1v) is 10.3. The molecule has 0 bridgehead atoms. The minimum Gasteiger partial charge on any atom is -0.432 e. The van der Waals surface area contributed by atoms with Crippen LogP contribution in [0.25, 0.3) is 0 Å². The van der Waals surface area contributed by atoms with E-state index in [1.807, 2.05) is 0 Å². The van der Waals surface area contributed by atoms with Gasteiger partial charge in [0.2, 0.25) is 0 Å². The van der Waals surface area contributed by atoms with Gasteiger partial charge in [-0.3, -0.25) is 0 Å². The van der Waals surface area contributed by atoms with Gasteiger partial charge < -0.3 is 4.74 Å². The average molecular weight is 368 g/mol. The van der Waals surface area contributed by atoms with E-state index < -0.39 is 12.4 Å². The van der Waals surface area contributed by atoms with Crippen LogP contribution in [0.5, 0.6) is 5.75 Å². The summed E-state index contributed by atoms with van der Waals surface area (Å²) in [7, 11) is 0. The molecule has 1 aromatic rings. The molecule has 2 aliphatic rings. The molecule has 0 amide bonds. The lowest BCUT2D eigenvalue weighted by Crippen LogP contribution is -2.31. The zero-order valence-corrected chi connectivity index (χ0v) is 15.7. The maximum atomic E-state index is 13.8.